The lowest BCUT2D eigenvalue weighted by atomic mass is 9.88. The Balaban J connectivity index is 2.61. The molecule has 1 atom stereocenters. The first-order valence-electron chi connectivity index (χ1n) is 7.05. The third-order valence-corrected chi connectivity index (χ3v) is 4.16. The van der Waals surface area contributed by atoms with Gasteiger partial charge in [-0.15, -0.1) is 11.3 Å². The minimum absolute atomic E-state index is 0.0273. The molecule has 1 aromatic heterocycles. The smallest absolute Gasteiger partial charge is 0.407 e. The van der Waals surface area contributed by atoms with E-state index >= 15 is 0 Å². The van der Waals surface area contributed by atoms with Crippen LogP contribution in [0, 0.1) is 19.3 Å². The Hall–Kier alpha value is -1.14. The Morgan fingerprint density at radius 3 is 2.38 bits per heavy atom. The van der Waals surface area contributed by atoms with Gasteiger partial charge >= 0.3 is 6.09 Å². The summed E-state index contributed by atoms with van der Waals surface area (Å²) < 4.78 is 5.21. The zero-order valence-corrected chi connectivity index (χ0v) is 14.6. The summed E-state index contributed by atoms with van der Waals surface area (Å²) in [7, 11) is 0. The fourth-order valence-electron chi connectivity index (χ4n) is 1.75. The molecular formula is C15H26N2O3S. The van der Waals surface area contributed by atoms with Crippen LogP contribution in [0.2, 0.25) is 0 Å². The lowest BCUT2D eigenvalue weighted by Crippen LogP contribution is -2.41. The van der Waals surface area contributed by atoms with Crippen molar-refractivity contribution in [1.82, 2.24) is 10.3 Å². The number of carbonyl (C=O) groups excluding carboxylic acids is 1. The first-order chi connectivity index (χ1) is 9.54. The second-order valence-corrected chi connectivity index (χ2v) is 8.04. The lowest BCUT2D eigenvalue weighted by Gasteiger charge is -2.27. The van der Waals surface area contributed by atoms with Gasteiger partial charge < -0.3 is 15.2 Å². The molecule has 1 unspecified atom stereocenters. The number of aromatic nitrogens is 1. The summed E-state index contributed by atoms with van der Waals surface area (Å²) >= 11 is 1.63. The topological polar surface area (TPSA) is 71.5 Å². The molecule has 21 heavy (non-hydrogen) atoms. The summed E-state index contributed by atoms with van der Waals surface area (Å²) in [5.41, 5.74) is 0.0482. The van der Waals surface area contributed by atoms with Crippen LogP contribution < -0.4 is 5.32 Å². The summed E-state index contributed by atoms with van der Waals surface area (Å²) in [5.74, 6) is 0. The Kier molecular flexibility index (Phi) is 5.75. The van der Waals surface area contributed by atoms with Crippen LogP contribution in [0.5, 0.6) is 0 Å². The third-order valence-electron chi connectivity index (χ3n) is 3.09. The van der Waals surface area contributed by atoms with Gasteiger partial charge in [0.25, 0.3) is 0 Å². The molecule has 0 aliphatic carbocycles. The van der Waals surface area contributed by atoms with Crippen molar-refractivity contribution in [3.8, 4) is 0 Å². The van der Waals surface area contributed by atoms with E-state index in [4.69, 9.17) is 4.74 Å². The van der Waals surface area contributed by atoms with Crippen molar-refractivity contribution in [3.05, 3.63) is 15.6 Å². The maximum atomic E-state index is 11.7. The maximum absolute atomic E-state index is 11.7. The largest absolute Gasteiger partial charge is 0.444 e. The van der Waals surface area contributed by atoms with Crippen LogP contribution in [0.25, 0.3) is 0 Å². The van der Waals surface area contributed by atoms with E-state index in [1.165, 1.54) is 4.88 Å². The van der Waals surface area contributed by atoms with Crippen molar-refractivity contribution >= 4 is 17.4 Å². The molecular weight excluding hydrogens is 288 g/mol. The fraction of sp³-hybridized carbons (Fsp3) is 0.733. The number of carbonyl (C=O) groups is 1. The van der Waals surface area contributed by atoms with E-state index < -0.39 is 17.1 Å². The number of hydrogen-bond donors (Lipinski definition) is 2. The molecule has 1 amide bonds. The zero-order valence-electron chi connectivity index (χ0n) is 13.7. The van der Waals surface area contributed by atoms with E-state index in [0.717, 1.165) is 10.7 Å². The molecule has 1 aromatic rings. The highest BCUT2D eigenvalue weighted by atomic mass is 32.1. The van der Waals surface area contributed by atoms with E-state index in [9.17, 15) is 9.90 Å². The third kappa shape index (κ3) is 6.01. The number of aliphatic hydroxyl groups is 1. The Morgan fingerprint density at radius 1 is 1.33 bits per heavy atom. The van der Waals surface area contributed by atoms with E-state index in [0.29, 0.717) is 13.0 Å². The Morgan fingerprint density at radius 2 is 1.95 bits per heavy atom. The van der Waals surface area contributed by atoms with E-state index in [-0.39, 0.29) is 6.61 Å². The molecule has 1 heterocycles. The number of nitrogens with zero attached hydrogens (tertiary/aromatic N) is 1. The molecule has 1 rings (SSSR count). The first-order valence-corrected chi connectivity index (χ1v) is 7.87. The second kappa shape index (κ2) is 6.75. The summed E-state index contributed by atoms with van der Waals surface area (Å²) in [6.07, 6.45) is 0.159. The van der Waals surface area contributed by atoms with Gasteiger partial charge in [-0.2, -0.15) is 0 Å². The number of nitrogens with one attached hydrogen (secondary N) is 1. The van der Waals surface area contributed by atoms with Gasteiger partial charge in [0.15, 0.2) is 0 Å². The van der Waals surface area contributed by atoms with E-state index in [1.807, 2.05) is 41.5 Å². The number of alkyl carbamates (subject to hydrolysis) is 1. The van der Waals surface area contributed by atoms with Gasteiger partial charge in [-0.25, -0.2) is 9.78 Å². The summed E-state index contributed by atoms with van der Waals surface area (Å²) in [6.45, 7) is 11.7. The second-order valence-electron chi connectivity index (χ2n) is 6.75. The van der Waals surface area contributed by atoms with Gasteiger partial charge in [0.1, 0.15) is 5.60 Å². The number of aryl methyl sites for hydroxylation is 2. The van der Waals surface area contributed by atoms with Crippen LogP contribution in [-0.4, -0.2) is 34.9 Å². The molecule has 0 aliphatic rings. The SMILES string of the molecule is Cc1nc(CC(C)(CO)CNC(=O)OC(C)(C)C)sc1C. The molecule has 0 saturated heterocycles. The van der Waals surface area contributed by atoms with Gasteiger partial charge in [-0.3, -0.25) is 0 Å². The summed E-state index contributed by atoms with van der Waals surface area (Å²) in [5, 5.41) is 13.4. The van der Waals surface area contributed by atoms with E-state index in [2.05, 4.69) is 10.3 Å². The van der Waals surface area contributed by atoms with E-state index in [1.54, 1.807) is 11.3 Å². The number of thiazole rings is 1. The molecule has 0 saturated carbocycles. The van der Waals surface area contributed by atoms with Gasteiger partial charge in [0, 0.05) is 23.3 Å². The molecule has 0 aromatic carbocycles. The number of rotatable bonds is 5. The highest BCUT2D eigenvalue weighted by molar-refractivity contribution is 7.11. The molecule has 6 heteroatoms. The average molecular weight is 314 g/mol. The molecule has 0 bridgehead atoms. The Bertz CT molecular complexity index is 474. The highest BCUT2D eigenvalue weighted by Gasteiger charge is 2.27. The van der Waals surface area contributed by atoms with Crippen molar-refractivity contribution in [1.29, 1.82) is 0 Å². The molecule has 0 fully saturated rings. The van der Waals surface area contributed by atoms with Gasteiger partial charge in [-0.1, -0.05) is 6.92 Å². The standard InChI is InChI=1S/C15H26N2O3S/c1-10-11(2)21-12(17-10)7-15(6,9-18)8-16-13(19)20-14(3,4)5/h18H,7-9H2,1-6H3,(H,16,19). The molecule has 120 valence electrons. The Labute approximate surface area is 130 Å². The number of aliphatic hydroxyl groups excluding tert-OH is 1. The number of amides is 1. The van der Waals surface area contributed by atoms with Crippen molar-refractivity contribution in [2.24, 2.45) is 5.41 Å². The number of hydrogen-bond acceptors (Lipinski definition) is 5. The quantitative estimate of drug-likeness (QED) is 0.876. The zero-order chi connectivity index (χ0) is 16.3. The average Bonchev–Trinajstić information content (AvgIpc) is 2.63. The molecule has 5 nitrogen and oxygen atoms in total. The maximum Gasteiger partial charge on any atom is 0.407 e. The predicted octanol–water partition coefficient (Wildman–Crippen LogP) is 2.83. The van der Waals surface area contributed by atoms with Crippen molar-refractivity contribution in [2.45, 2.75) is 53.6 Å². The van der Waals surface area contributed by atoms with Crippen molar-refractivity contribution in [2.75, 3.05) is 13.2 Å². The van der Waals surface area contributed by atoms with Crippen LogP contribution in [0.15, 0.2) is 0 Å². The molecule has 2 N–H and O–H groups in total. The van der Waals surface area contributed by atoms with Crippen LogP contribution >= 0.6 is 11.3 Å². The van der Waals surface area contributed by atoms with Gasteiger partial charge in [-0.05, 0) is 34.6 Å². The minimum Gasteiger partial charge on any atom is -0.444 e. The van der Waals surface area contributed by atoms with Crippen LogP contribution in [0.3, 0.4) is 0 Å². The normalized spacial score (nSPS) is 14.6. The van der Waals surface area contributed by atoms with Crippen molar-refractivity contribution in [3.63, 3.8) is 0 Å². The van der Waals surface area contributed by atoms with Gasteiger partial charge in [0.2, 0.25) is 0 Å². The van der Waals surface area contributed by atoms with Crippen LogP contribution in [0.1, 0.15) is 43.3 Å². The molecule has 0 aliphatic heterocycles. The molecule has 0 spiro atoms. The summed E-state index contributed by atoms with van der Waals surface area (Å²) in [6, 6.07) is 0. The monoisotopic (exact) mass is 314 g/mol. The highest BCUT2D eigenvalue weighted by Crippen LogP contribution is 2.26. The first kappa shape index (κ1) is 17.9. The lowest BCUT2D eigenvalue weighted by molar-refractivity contribution is 0.0478. The molecule has 0 radical (unpaired) electrons. The van der Waals surface area contributed by atoms with Crippen LogP contribution in [0.4, 0.5) is 4.79 Å². The summed E-state index contributed by atoms with van der Waals surface area (Å²) in [4.78, 5) is 17.4. The minimum atomic E-state index is -0.525. The van der Waals surface area contributed by atoms with Gasteiger partial charge in [0.05, 0.1) is 17.3 Å². The fourth-order valence-corrected chi connectivity index (χ4v) is 2.90. The van der Waals surface area contributed by atoms with Crippen LogP contribution in [-0.2, 0) is 11.2 Å². The number of ether oxygens (including phenoxy) is 1. The van der Waals surface area contributed by atoms with Crippen molar-refractivity contribution < 1.29 is 14.6 Å². The predicted molar refractivity (Wildman–Crippen MR) is 84.7 cm³/mol.